The first-order chi connectivity index (χ1) is 16.2. The third kappa shape index (κ3) is 3.76. The highest BCUT2D eigenvalue weighted by Gasteiger charge is 2.21. The number of piperidine rings is 1. The van der Waals surface area contributed by atoms with Crippen LogP contribution in [-0.4, -0.2) is 64.9 Å². The number of nitrogen functional groups attached to an aromatic ring is 1. The van der Waals surface area contributed by atoms with E-state index in [9.17, 15) is 0 Å². The molecule has 1 saturated heterocycles. The summed E-state index contributed by atoms with van der Waals surface area (Å²) < 4.78 is 8.85. The molecule has 0 unspecified atom stereocenters. The molecule has 0 aromatic carbocycles. The van der Waals surface area contributed by atoms with E-state index in [-0.39, 0.29) is 5.95 Å². The van der Waals surface area contributed by atoms with E-state index in [2.05, 4.69) is 41.4 Å². The number of nitrogens with zero attached hydrogens (tertiary/aromatic N) is 8. The van der Waals surface area contributed by atoms with Gasteiger partial charge < -0.3 is 20.4 Å². The SMILES string of the molecule is Nc1nc2c(cnn2CCN2CCC(Nc3cccnc3)CC2)c2nc(-c3ccco3)nn12. The molecule has 0 radical (unpaired) electrons. The number of nitrogens with one attached hydrogen (secondary N) is 1. The van der Waals surface area contributed by atoms with Crippen molar-refractivity contribution in [1.29, 1.82) is 0 Å². The summed E-state index contributed by atoms with van der Waals surface area (Å²) in [6.07, 6.45) is 9.22. The first-order valence-electron chi connectivity index (χ1n) is 11.1. The molecule has 0 atom stereocenters. The number of likely N-dealkylation sites (tertiary alicyclic amines) is 1. The van der Waals surface area contributed by atoms with Crippen LogP contribution in [0.3, 0.4) is 0 Å². The fraction of sp³-hybridized carbons (Fsp3) is 0.318. The number of furan rings is 1. The van der Waals surface area contributed by atoms with Gasteiger partial charge in [0, 0.05) is 38.1 Å². The second kappa shape index (κ2) is 8.17. The highest BCUT2D eigenvalue weighted by Crippen LogP contribution is 2.23. The number of nitrogens with two attached hydrogens (primary N) is 1. The Morgan fingerprint density at radius 3 is 2.76 bits per heavy atom. The Morgan fingerprint density at radius 2 is 1.97 bits per heavy atom. The van der Waals surface area contributed by atoms with Crippen molar-refractivity contribution in [3.8, 4) is 11.6 Å². The zero-order chi connectivity index (χ0) is 22.2. The highest BCUT2D eigenvalue weighted by atomic mass is 16.3. The third-order valence-corrected chi connectivity index (χ3v) is 6.09. The maximum atomic E-state index is 6.19. The fourth-order valence-corrected chi connectivity index (χ4v) is 4.35. The Hall–Kier alpha value is -3.99. The molecule has 6 heterocycles. The van der Waals surface area contributed by atoms with Gasteiger partial charge in [0.25, 0.3) is 0 Å². The van der Waals surface area contributed by atoms with Gasteiger partial charge in [0.15, 0.2) is 17.1 Å². The minimum Gasteiger partial charge on any atom is -0.461 e. The van der Waals surface area contributed by atoms with Gasteiger partial charge in [0.1, 0.15) is 0 Å². The van der Waals surface area contributed by atoms with E-state index >= 15 is 0 Å². The smallest absolute Gasteiger partial charge is 0.225 e. The van der Waals surface area contributed by atoms with Crippen LogP contribution in [0.15, 0.2) is 53.5 Å². The Kier molecular flexibility index (Phi) is 4.87. The van der Waals surface area contributed by atoms with E-state index in [1.807, 2.05) is 23.0 Å². The predicted octanol–water partition coefficient (Wildman–Crippen LogP) is 2.29. The Balaban J connectivity index is 1.14. The molecular formula is C22H24N10O. The molecule has 1 aliphatic heterocycles. The number of anilines is 2. The summed E-state index contributed by atoms with van der Waals surface area (Å²) in [5.41, 5.74) is 8.61. The monoisotopic (exact) mass is 444 g/mol. The van der Waals surface area contributed by atoms with E-state index in [1.165, 1.54) is 4.52 Å². The minimum atomic E-state index is 0.270. The van der Waals surface area contributed by atoms with Crippen LogP contribution in [0.1, 0.15) is 12.8 Å². The zero-order valence-electron chi connectivity index (χ0n) is 18.0. The van der Waals surface area contributed by atoms with Crippen molar-refractivity contribution in [2.24, 2.45) is 0 Å². The van der Waals surface area contributed by atoms with Crippen LogP contribution in [0.4, 0.5) is 11.6 Å². The van der Waals surface area contributed by atoms with Crippen molar-refractivity contribution < 1.29 is 4.42 Å². The van der Waals surface area contributed by atoms with Crippen molar-refractivity contribution >= 4 is 28.3 Å². The van der Waals surface area contributed by atoms with Gasteiger partial charge in [-0.25, -0.2) is 9.67 Å². The lowest BCUT2D eigenvalue weighted by molar-refractivity contribution is 0.210. The predicted molar refractivity (Wildman–Crippen MR) is 124 cm³/mol. The average Bonchev–Trinajstić information content (AvgIpc) is 3.59. The molecule has 0 bridgehead atoms. The van der Waals surface area contributed by atoms with Gasteiger partial charge >= 0.3 is 0 Å². The highest BCUT2D eigenvalue weighted by molar-refractivity contribution is 5.90. The summed E-state index contributed by atoms with van der Waals surface area (Å²) in [4.78, 5) is 15.8. The molecule has 0 amide bonds. The van der Waals surface area contributed by atoms with E-state index in [4.69, 9.17) is 10.2 Å². The summed E-state index contributed by atoms with van der Waals surface area (Å²) in [5.74, 6) is 1.32. The molecule has 1 fully saturated rings. The fourth-order valence-electron chi connectivity index (χ4n) is 4.35. The average molecular weight is 445 g/mol. The van der Waals surface area contributed by atoms with Gasteiger partial charge in [-0.3, -0.25) is 4.98 Å². The molecule has 0 aliphatic carbocycles. The van der Waals surface area contributed by atoms with Crippen LogP contribution >= 0.6 is 0 Å². The summed E-state index contributed by atoms with van der Waals surface area (Å²) in [6.45, 7) is 3.70. The topological polar surface area (TPSA) is 128 Å². The lowest BCUT2D eigenvalue weighted by Gasteiger charge is -2.32. The first kappa shape index (κ1) is 19.7. The number of aromatic nitrogens is 7. The maximum absolute atomic E-state index is 6.19. The van der Waals surface area contributed by atoms with Crippen LogP contribution in [-0.2, 0) is 6.54 Å². The van der Waals surface area contributed by atoms with E-state index in [1.54, 1.807) is 24.7 Å². The Labute approximate surface area is 189 Å². The largest absolute Gasteiger partial charge is 0.461 e. The van der Waals surface area contributed by atoms with Crippen LogP contribution < -0.4 is 11.1 Å². The molecule has 0 spiro atoms. The van der Waals surface area contributed by atoms with Crippen LogP contribution in [0.5, 0.6) is 0 Å². The van der Waals surface area contributed by atoms with Gasteiger partial charge in [-0.15, -0.1) is 5.10 Å². The van der Waals surface area contributed by atoms with E-state index < -0.39 is 0 Å². The van der Waals surface area contributed by atoms with E-state index in [0.717, 1.165) is 50.1 Å². The summed E-state index contributed by atoms with van der Waals surface area (Å²) >= 11 is 0. The Bertz CT molecular complexity index is 1370. The van der Waals surface area contributed by atoms with Crippen LogP contribution in [0.2, 0.25) is 0 Å². The van der Waals surface area contributed by atoms with E-state index in [0.29, 0.717) is 28.9 Å². The van der Waals surface area contributed by atoms with Crippen molar-refractivity contribution in [2.45, 2.75) is 25.4 Å². The molecule has 5 aromatic rings. The molecule has 33 heavy (non-hydrogen) atoms. The van der Waals surface area contributed by atoms with Gasteiger partial charge in [-0.05, 0) is 37.1 Å². The molecule has 1 aliphatic rings. The Morgan fingerprint density at radius 1 is 1.06 bits per heavy atom. The standard InChI is InChI=1S/C22H24N10O/c23-22-28-20-17(21-27-19(29-32(21)22)18-4-2-12-33-18)14-25-31(20)11-10-30-8-5-15(6-9-30)26-16-3-1-7-24-13-16/h1-4,7,12-15,26H,5-6,8-11H2,(H2,23,28). The number of hydrogen-bond donors (Lipinski definition) is 2. The molecule has 11 heteroatoms. The van der Waals surface area contributed by atoms with Gasteiger partial charge in [0.05, 0.1) is 30.1 Å². The summed E-state index contributed by atoms with van der Waals surface area (Å²) in [6, 6.07) is 8.10. The van der Waals surface area contributed by atoms with Crippen LogP contribution in [0.25, 0.3) is 28.3 Å². The van der Waals surface area contributed by atoms with Crippen molar-refractivity contribution in [2.75, 3.05) is 30.7 Å². The molecule has 11 nitrogen and oxygen atoms in total. The number of rotatable bonds is 6. The zero-order valence-corrected chi connectivity index (χ0v) is 18.0. The quantitative estimate of drug-likeness (QED) is 0.405. The lowest BCUT2D eigenvalue weighted by atomic mass is 10.0. The summed E-state index contributed by atoms with van der Waals surface area (Å²) in [5, 5.41) is 13.4. The molecule has 5 aromatic heterocycles. The second-order valence-corrected chi connectivity index (χ2v) is 8.23. The molecule has 168 valence electrons. The second-order valence-electron chi connectivity index (χ2n) is 8.23. The molecular weight excluding hydrogens is 420 g/mol. The third-order valence-electron chi connectivity index (χ3n) is 6.09. The minimum absolute atomic E-state index is 0.270. The van der Waals surface area contributed by atoms with Crippen LogP contribution in [0, 0.1) is 0 Å². The van der Waals surface area contributed by atoms with Gasteiger partial charge in [-0.1, -0.05) is 0 Å². The first-order valence-corrected chi connectivity index (χ1v) is 11.1. The number of hydrogen-bond acceptors (Lipinski definition) is 9. The molecule has 3 N–H and O–H groups in total. The van der Waals surface area contributed by atoms with Gasteiger partial charge in [-0.2, -0.15) is 14.6 Å². The molecule has 0 saturated carbocycles. The maximum Gasteiger partial charge on any atom is 0.225 e. The number of pyridine rings is 1. The van der Waals surface area contributed by atoms with Crippen molar-refractivity contribution in [3.05, 3.63) is 49.1 Å². The lowest BCUT2D eigenvalue weighted by Crippen LogP contribution is -2.40. The van der Waals surface area contributed by atoms with Crippen molar-refractivity contribution in [1.82, 2.24) is 39.2 Å². The summed E-state index contributed by atoms with van der Waals surface area (Å²) in [7, 11) is 0. The number of fused-ring (bicyclic) bond motifs is 3. The normalized spacial score (nSPS) is 15.5. The van der Waals surface area contributed by atoms with Crippen molar-refractivity contribution in [3.63, 3.8) is 0 Å². The molecule has 6 rings (SSSR count). The van der Waals surface area contributed by atoms with Gasteiger partial charge in [0.2, 0.25) is 11.8 Å².